The van der Waals surface area contributed by atoms with Crippen molar-refractivity contribution in [1.29, 1.82) is 5.26 Å². The molecule has 0 saturated heterocycles. The topological polar surface area (TPSA) is 76.9 Å². The number of carboxylic acids is 1. The predicted octanol–water partition coefficient (Wildman–Crippen LogP) is 2.19. The Balaban J connectivity index is 2.83. The van der Waals surface area contributed by atoms with Crippen molar-refractivity contribution in [2.24, 2.45) is 0 Å². The molecule has 4 nitrogen and oxygen atoms in total. The molecule has 0 radical (unpaired) electrons. The van der Waals surface area contributed by atoms with Crippen LogP contribution >= 0.6 is 0 Å². The van der Waals surface area contributed by atoms with Crippen molar-refractivity contribution in [1.82, 2.24) is 4.98 Å². The van der Waals surface area contributed by atoms with Crippen LogP contribution in [0.25, 0.3) is 10.9 Å². The van der Waals surface area contributed by atoms with Crippen LogP contribution in [0.15, 0.2) is 12.1 Å². The molecule has 2 N–H and O–H groups in total. The van der Waals surface area contributed by atoms with Crippen LogP contribution < -0.4 is 0 Å². The number of carbonyl (C=O) groups is 1. The second-order valence-electron chi connectivity index (χ2n) is 3.42. The van der Waals surface area contributed by atoms with Crippen LogP contribution in [0.3, 0.4) is 0 Å². The second-order valence-corrected chi connectivity index (χ2v) is 3.42. The monoisotopic (exact) mass is 218 g/mol. The third kappa shape index (κ3) is 1.32. The van der Waals surface area contributed by atoms with E-state index in [-0.39, 0.29) is 11.3 Å². The maximum absolute atomic E-state index is 13.3. The molecule has 0 bridgehead atoms. The summed E-state index contributed by atoms with van der Waals surface area (Å²) in [6, 6.07) is 4.19. The number of aromatic amines is 1. The molecule has 1 aromatic carbocycles. The smallest absolute Gasteiger partial charge is 0.352 e. The number of nitrogens with zero attached hydrogens (tertiary/aromatic N) is 1. The Morgan fingerprint density at radius 1 is 1.56 bits per heavy atom. The third-order valence-electron chi connectivity index (χ3n) is 2.48. The highest BCUT2D eigenvalue weighted by molar-refractivity contribution is 5.97. The van der Waals surface area contributed by atoms with E-state index in [9.17, 15) is 9.18 Å². The summed E-state index contributed by atoms with van der Waals surface area (Å²) < 4.78 is 13.3. The molecule has 0 aliphatic rings. The molecule has 2 rings (SSSR count). The van der Waals surface area contributed by atoms with Gasteiger partial charge in [0.15, 0.2) is 0 Å². The molecule has 0 amide bonds. The second kappa shape index (κ2) is 3.35. The first kappa shape index (κ1) is 10.2. The first-order valence-corrected chi connectivity index (χ1v) is 4.50. The van der Waals surface area contributed by atoms with Gasteiger partial charge in [0.2, 0.25) is 0 Å². The average molecular weight is 218 g/mol. The minimum Gasteiger partial charge on any atom is -0.477 e. The number of rotatable bonds is 1. The summed E-state index contributed by atoms with van der Waals surface area (Å²) in [5, 5.41) is 18.0. The van der Waals surface area contributed by atoms with Crippen molar-refractivity contribution < 1.29 is 14.3 Å². The Morgan fingerprint density at radius 3 is 2.81 bits per heavy atom. The maximum Gasteiger partial charge on any atom is 0.352 e. The maximum atomic E-state index is 13.3. The normalized spacial score (nSPS) is 10.3. The number of nitriles is 1. The molecule has 0 aliphatic heterocycles. The molecule has 0 atom stereocenters. The number of aromatic carboxylic acids is 1. The summed E-state index contributed by atoms with van der Waals surface area (Å²) in [4.78, 5) is 13.5. The molecule has 0 aliphatic carbocycles. The van der Waals surface area contributed by atoms with Gasteiger partial charge in [-0.25, -0.2) is 9.18 Å². The Kier molecular flexibility index (Phi) is 2.13. The molecular weight excluding hydrogens is 211 g/mol. The van der Waals surface area contributed by atoms with Crippen molar-refractivity contribution in [2.75, 3.05) is 0 Å². The fraction of sp³-hybridized carbons (Fsp3) is 0.0909. The van der Waals surface area contributed by atoms with E-state index in [1.54, 1.807) is 13.0 Å². The van der Waals surface area contributed by atoms with Gasteiger partial charge in [-0.15, -0.1) is 0 Å². The van der Waals surface area contributed by atoms with Gasteiger partial charge in [0.1, 0.15) is 17.6 Å². The minimum absolute atomic E-state index is 0.0180. The molecule has 0 fully saturated rings. The van der Waals surface area contributed by atoms with Crippen LogP contribution in [0.1, 0.15) is 21.6 Å². The van der Waals surface area contributed by atoms with E-state index in [0.29, 0.717) is 16.5 Å². The zero-order valence-corrected chi connectivity index (χ0v) is 8.34. The number of hydrogen-bond donors (Lipinski definition) is 2. The highest BCUT2D eigenvalue weighted by Gasteiger charge is 2.15. The molecular formula is C11H7FN2O2. The predicted molar refractivity (Wildman–Crippen MR) is 54.7 cm³/mol. The van der Waals surface area contributed by atoms with E-state index in [2.05, 4.69) is 4.98 Å². The summed E-state index contributed by atoms with van der Waals surface area (Å²) in [5.41, 5.74) is 0.828. The van der Waals surface area contributed by atoms with Gasteiger partial charge >= 0.3 is 5.97 Å². The molecule has 1 heterocycles. The van der Waals surface area contributed by atoms with Gasteiger partial charge in [-0.3, -0.25) is 0 Å². The molecule has 2 aromatic rings. The fourth-order valence-corrected chi connectivity index (χ4v) is 1.65. The van der Waals surface area contributed by atoms with Gasteiger partial charge in [-0.1, -0.05) is 0 Å². The SMILES string of the molecule is Cc1c(C(=O)O)[nH]c2cc(C#N)c(F)cc12. The van der Waals surface area contributed by atoms with Gasteiger partial charge in [-0.05, 0) is 24.6 Å². The van der Waals surface area contributed by atoms with Gasteiger partial charge in [0.05, 0.1) is 5.56 Å². The van der Waals surface area contributed by atoms with Gasteiger partial charge in [-0.2, -0.15) is 5.26 Å². The van der Waals surface area contributed by atoms with E-state index in [0.717, 1.165) is 0 Å². The number of nitrogens with one attached hydrogen (secondary N) is 1. The number of aryl methyl sites for hydroxylation is 1. The van der Waals surface area contributed by atoms with Crippen molar-refractivity contribution in [3.63, 3.8) is 0 Å². The zero-order chi connectivity index (χ0) is 11.9. The Morgan fingerprint density at radius 2 is 2.25 bits per heavy atom. The van der Waals surface area contributed by atoms with Gasteiger partial charge in [0, 0.05) is 10.9 Å². The Bertz CT molecular complexity index is 637. The van der Waals surface area contributed by atoms with Gasteiger partial charge in [0.25, 0.3) is 0 Å². The zero-order valence-electron chi connectivity index (χ0n) is 8.34. The number of fused-ring (bicyclic) bond motifs is 1. The fourth-order valence-electron chi connectivity index (χ4n) is 1.65. The van der Waals surface area contributed by atoms with E-state index >= 15 is 0 Å². The van der Waals surface area contributed by atoms with Crippen LogP contribution in [0.4, 0.5) is 4.39 Å². The summed E-state index contributed by atoms with van der Waals surface area (Å²) in [6.45, 7) is 1.59. The first-order chi connectivity index (χ1) is 7.54. The van der Waals surface area contributed by atoms with Crippen LogP contribution in [0.2, 0.25) is 0 Å². The molecule has 16 heavy (non-hydrogen) atoms. The van der Waals surface area contributed by atoms with Crippen LogP contribution in [-0.4, -0.2) is 16.1 Å². The average Bonchev–Trinajstić information content (AvgIpc) is 2.55. The van der Waals surface area contributed by atoms with Crippen LogP contribution in [0, 0.1) is 24.1 Å². The summed E-state index contributed by atoms with van der Waals surface area (Å²) in [7, 11) is 0. The lowest BCUT2D eigenvalue weighted by Gasteiger charge is -1.94. The molecule has 80 valence electrons. The Hall–Kier alpha value is -2.35. The summed E-state index contributed by atoms with van der Waals surface area (Å²) >= 11 is 0. The van der Waals surface area contributed by atoms with E-state index in [4.69, 9.17) is 10.4 Å². The molecule has 0 spiro atoms. The molecule has 0 unspecified atom stereocenters. The Labute approximate surface area is 89.9 Å². The van der Waals surface area contributed by atoms with E-state index < -0.39 is 11.8 Å². The molecule has 1 aromatic heterocycles. The number of benzene rings is 1. The minimum atomic E-state index is -1.10. The third-order valence-corrected chi connectivity index (χ3v) is 2.48. The summed E-state index contributed by atoms with van der Waals surface area (Å²) in [5.74, 6) is -1.75. The summed E-state index contributed by atoms with van der Waals surface area (Å²) in [6.07, 6.45) is 0. The number of halogens is 1. The lowest BCUT2D eigenvalue weighted by atomic mass is 10.1. The van der Waals surface area contributed by atoms with Crippen molar-refractivity contribution in [3.8, 4) is 6.07 Å². The highest BCUT2D eigenvalue weighted by atomic mass is 19.1. The van der Waals surface area contributed by atoms with Crippen molar-refractivity contribution in [2.45, 2.75) is 6.92 Å². The first-order valence-electron chi connectivity index (χ1n) is 4.50. The molecule has 0 saturated carbocycles. The van der Waals surface area contributed by atoms with Gasteiger partial charge < -0.3 is 10.1 Å². The highest BCUT2D eigenvalue weighted by Crippen LogP contribution is 2.24. The standard InChI is InChI=1S/C11H7FN2O2/c1-5-7-3-8(12)6(4-13)2-9(7)14-10(5)11(15)16/h2-3,14H,1H3,(H,15,16). The van der Waals surface area contributed by atoms with Crippen LogP contribution in [0.5, 0.6) is 0 Å². The molecule has 5 heteroatoms. The number of aromatic nitrogens is 1. The lowest BCUT2D eigenvalue weighted by Crippen LogP contribution is -1.97. The largest absolute Gasteiger partial charge is 0.477 e. The number of hydrogen-bond acceptors (Lipinski definition) is 2. The van der Waals surface area contributed by atoms with E-state index in [1.807, 2.05) is 0 Å². The quantitative estimate of drug-likeness (QED) is 0.770. The lowest BCUT2D eigenvalue weighted by molar-refractivity contribution is 0.0691. The number of carboxylic acid groups (broad SMARTS) is 1. The van der Waals surface area contributed by atoms with Crippen molar-refractivity contribution >= 4 is 16.9 Å². The number of H-pyrrole nitrogens is 1. The van der Waals surface area contributed by atoms with E-state index in [1.165, 1.54) is 12.1 Å². The van der Waals surface area contributed by atoms with Crippen LogP contribution in [-0.2, 0) is 0 Å². The van der Waals surface area contributed by atoms with Crippen molar-refractivity contribution in [3.05, 3.63) is 34.8 Å².